The second kappa shape index (κ2) is 51.5. The fourth-order valence-corrected chi connectivity index (χ4v) is 14.4. The third-order valence-electron chi connectivity index (χ3n) is 17.9. The molecular formula is C105H98FIr4N6O6S2-5. The maximum Gasteiger partial charge on any atom is 0.155 e. The van der Waals surface area contributed by atoms with Crippen LogP contribution in [0.25, 0.3) is 121 Å². The van der Waals surface area contributed by atoms with E-state index in [4.69, 9.17) is 35.4 Å². The number of benzene rings is 9. The number of pyridine rings is 4. The Balaban J connectivity index is 0.000000263. The van der Waals surface area contributed by atoms with Crippen molar-refractivity contribution in [2.24, 2.45) is 0 Å². The van der Waals surface area contributed by atoms with Crippen molar-refractivity contribution in [3.63, 3.8) is 0 Å². The molecule has 7 heterocycles. The number of hydrogen-bond donors (Lipinski definition) is 4. The number of carbonyl (C=O) groups excluding carboxylic acids is 2. The van der Waals surface area contributed by atoms with Gasteiger partial charge in [-0.2, -0.15) is 0 Å². The van der Waals surface area contributed by atoms with Gasteiger partial charge in [0.15, 0.2) is 11.6 Å². The van der Waals surface area contributed by atoms with Crippen LogP contribution in [0.15, 0.2) is 308 Å². The number of fused-ring (bicyclic) bond motifs is 4. The molecule has 4 radical (unpaired) electrons. The van der Waals surface area contributed by atoms with Gasteiger partial charge in [-0.25, -0.2) is 4.39 Å². The maximum absolute atomic E-state index is 12.9. The summed E-state index contributed by atoms with van der Waals surface area (Å²) in [6, 6.07) is 94.4. The molecule has 1 atom stereocenters. The Morgan fingerprint density at radius 3 is 1.51 bits per heavy atom. The van der Waals surface area contributed by atoms with Gasteiger partial charge in [-0.3, -0.25) is 19.6 Å². The summed E-state index contributed by atoms with van der Waals surface area (Å²) in [6.45, 7) is 28.2. The number of allylic oxidation sites excluding steroid dienone is 5. The Bertz CT molecular complexity index is 6010. The van der Waals surface area contributed by atoms with Crippen molar-refractivity contribution in [2.45, 2.75) is 115 Å². The zero-order valence-corrected chi connectivity index (χ0v) is 82.8. The molecule has 124 heavy (non-hydrogen) atoms. The molecule has 16 rings (SSSR count). The van der Waals surface area contributed by atoms with E-state index < -0.39 is 6.10 Å². The summed E-state index contributed by atoms with van der Waals surface area (Å²) >= 11 is 3.52. The van der Waals surface area contributed by atoms with Crippen LogP contribution in [0, 0.1) is 77.7 Å². The molecular weight excluding hydrogens is 2290 g/mol. The zero-order valence-electron chi connectivity index (χ0n) is 71.6. The van der Waals surface area contributed by atoms with Crippen LogP contribution >= 0.6 is 22.7 Å². The third kappa shape index (κ3) is 32.1. The van der Waals surface area contributed by atoms with Crippen molar-refractivity contribution in [2.75, 3.05) is 0 Å². The van der Waals surface area contributed by atoms with Crippen LogP contribution < -0.4 is 0 Å². The normalized spacial score (nSPS) is 11.0. The molecule has 0 amide bonds. The number of aromatic nitrogens is 6. The molecule has 644 valence electrons. The van der Waals surface area contributed by atoms with E-state index in [0.717, 1.165) is 101 Å². The molecule has 4 N–H and O–H groups in total. The van der Waals surface area contributed by atoms with Gasteiger partial charge in [0.05, 0.1) is 40.3 Å². The van der Waals surface area contributed by atoms with Crippen molar-refractivity contribution in [3.05, 3.63) is 383 Å². The molecule has 0 aliphatic carbocycles. The molecule has 19 heteroatoms. The molecule has 12 nitrogen and oxygen atoms in total. The first-order valence-corrected chi connectivity index (χ1v) is 40.7. The Labute approximate surface area is 790 Å². The molecule has 1 unspecified atom stereocenters. The number of hydrogen-bond acceptors (Lipinski definition) is 14. The van der Waals surface area contributed by atoms with E-state index in [-0.39, 0.29) is 120 Å². The summed E-state index contributed by atoms with van der Waals surface area (Å²) in [5.74, 6) is -0.192. The standard InChI is InChI=1S/C28H27N2.C21H18NS.C17H11FN.C13H8NS.C11H8N.C5H10O2.2C5H8O2.4Ir/c1-17-10-18(2)13-23(12-17)27-28(24-14-19(3)11-20(4)15-24)30-25(16-29-27)26-21(5)8-7-9-22(26)6;1-21(2,3)15-10-8-14(9-11-15)19-17-12-13-23-20(17)16-6-4-5-7-18(16)22-19;18-16-9-6-13(7-10-16)15-8-11-17(19-12-15)14-4-2-1-3-5-14;1-2-4-10(5-3-1)13-11-7-9-15-12(11)6-8-14-13;1-2-6-10(7-3-1)11-8-4-5-9-12-11;3*1-4(6)3-5(2)7;;;;/h7-12,14-16H,1-6H3;4-8,10-13H,1-3H3;1-4,6-12H;1-4,6-9H;1-6,8-9H;3-4,6-7H,1-2H3;2*3,6H,1-2H3;;;;/q5*-1;;;;;;;. The van der Waals surface area contributed by atoms with E-state index >= 15 is 0 Å². The van der Waals surface area contributed by atoms with Gasteiger partial charge >= 0.3 is 0 Å². The smallest absolute Gasteiger partial charge is 0.155 e. The van der Waals surface area contributed by atoms with Gasteiger partial charge in [-0.1, -0.05) is 149 Å². The summed E-state index contributed by atoms with van der Waals surface area (Å²) in [6.07, 6.45) is 10.5. The minimum Gasteiger partial charge on any atom is -0.513 e. The summed E-state index contributed by atoms with van der Waals surface area (Å²) < 4.78 is 15.4. The molecule has 0 bridgehead atoms. The number of carbonyl (C=O) groups is 2. The maximum atomic E-state index is 12.9. The second-order valence-corrected chi connectivity index (χ2v) is 31.4. The van der Waals surface area contributed by atoms with Crippen LogP contribution in [0.4, 0.5) is 4.39 Å². The van der Waals surface area contributed by atoms with E-state index in [1.54, 1.807) is 54.1 Å². The number of rotatable bonds is 11. The number of ketones is 2. The van der Waals surface area contributed by atoms with E-state index in [9.17, 15) is 14.0 Å². The van der Waals surface area contributed by atoms with Gasteiger partial charge in [0.2, 0.25) is 0 Å². The second-order valence-electron chi connectivity index (χ2n) is 29.5. The Kier molecular flexibility index (Phi) is 43.1. The van der Waals surface area contributed by atoms with E-state index in [1.165, 1.54) is 124 Å². The number of aliphatic hydroxyl groups is 4. The molecule has 0 saturated heterocycles. The SMILES string of the molecule is CC(=O)C=C(C)O.CC(=O)C=C(C)O.CC(C)(C)c1c[c-]c(-c2nc3ccccc3c3sccc23)cc1.CC(O)=CC(C)O.Cc1[c-]c(-c2ncc(-c3c(C)cccc3C)nc2-c2cc(C)cc(C)c2)cc(C)c1.Fc1ccc(-c2ccc(-c3[c-]cccc3)nc2)cc1.[Ir].[Ir].[Ir].[Ir].[c-]1ccccc1-c1ccccn1.[c-]1ccccc1-c1nccc2sccc12. The minimum atomic E-state index is -0.537. The molecule has 0 aliphatic rings. The van der Waals surface area contributed by atoms with E-state index in [2.05, 4.69) is 215 Å². The number of halogens is 1. The van der Waals surface area contributed by atoms with Gasteiger partial charge in [-0.15, -0.1) is 201 Å². The zero-order chi connectivity index (χ0) is 86.4. The van der Waals surface area contributed by atoms with Crippen molar-refractivity contribution < 1.29 is 115 Å². The molecule has 9 aromatic carbocycles. The van der Waals surface area contributed by atoms with Crippen molar-refractivity contribution in [1.82, 2.24) is 29.9 Å². The predicted octanol–water partition coefficient (Wildman–Crippen LogP) is 26.9. The third-order valence-corrected chi connectivity index (χ3v) is 19.7. The number of nitrogens with zero attached hydrogens (tertiary/aromatic N) is 6. The van der Waals surface area contributed by atoms with Crippen molar-refractivity contribution in [3.8, 4) is 89.9 Å². The summed E-state index contributed by atoms with van der Waals surface area (Å²) in [4.78, 5) is 48.1. The summed E-state index contributed by atoms with van der Waals surface area (Å²) in [7, 11) is 0. The Morgan fingerprint density at radius 2 is 1.00 bits per heavy atom. The fourth-order valence-electron chi connectivity index (χ4n) is 12.7. The number of para-hydroxylation sites is 1. The quantitative estimate of drug-likeness (QED) is 0.0545. The molecule has 7 aromatic heterocycles. The molecule has 0 aliphatic heterocycles. The van der Waals surface area contributed by atoms with Crippen LogP contribution in [-0.4, -0.2) is 68.0 Å². The number of aryl methyl sites for hydroxylation is 6. The summed E-state index contributed by atoms with van der Waals surface area (Å²) in [5.41, 5.74) is 25.5. The van der Waals surface area contributed by atoms with Gasteiger partial charge in [0.1, 0.15) is 5.82 Å². The van der Waals surface area contributed by atoms with Crippen LogP contribution in [0.1, 0.15) is 101 Å². The van der Waals surface area contributed by atoms with E-state index in [1.807, 2.05) is 128 Å². The van der Waals surface area contributed by atoms with Gasteiger partial charge < -0.3 is 40.4 Å². The van der Waals surface area contributed by atoms with Crippen LogP contribution in [0.5, 0.6) is 0 Å². The molecule has 0 spiro atoms. The van der Waals surface area contributed by atoms with Crippen molar-refractivity contribution in [1.29, 1.82) is 0 Å². The average molecular weight is 2390 g/mol. The minimum absolute atomic E-state index is 0. The fraction of sp³-hybridized carbons (Fsp3) is 0.162. The van der Waals surface area contributed by atoms with E-state index in [0.29, 0.717) is 0 Å². The first kappa shape index (κ1) is 104. The largest absolute Gasteiger partial charge is 0.513 e. The molecule has 0 saturated carbocycles. The topological polar surface area (TPSA) is 192 Å². The molecule has 16 aromatic rings. The van der Waals surface area contributed by atoms with Crippen molar-refractivity contribution >= 4 is 65.3 Å². The summed E-state index contributed by atoms with van der Waals surface area (Å²) in [5, 5.41) is 41.5. The predicted molar refractivity (Wildman–Crippen MR) is 494 cm³/mol. The molecule has 0 fully saturated rings. The van der Waals surface area contributed by atoms with Gasteiger partial charge in [0.25, 0.3) is 0 Å². The van der Waals surface area contributed by atoms with Crippen LogP contribution in [-0.2, 0) is 95.4 Å². The van der Waals surface area contributed by atoms with Gasteiger partial charge in [-0.05, 0) is 183 Å². The monoisotopic (exact) mass is 2390 g/mol. The first-order chi connectivity index (χ1) is 57.5. The van der Waals surface area contributed by atoms with Crippen LogP contribution in [0.3, 0.4) is 0 Å². The Hall–Kier alpha value is -10.7. The number of thiophene rings is 2. The van der Waals surface area contributed by atoms with Gasteiger partial charge in [0, 0.05) is 143 Å². The first-order valence-electron chi connectivity index (χ1n) is 39.0. The van der Waals surface area contributed by atoms with Crippen LogP contribution in [0.2, 0.25) is 0 Å². The Morgan fingerprint density at radius 1 is 0.444 bits per heavy atom. The average Bonchev–Trinajstić information content (AvgIpc) is 1.43. The number of aliphatic hydroxyl groups excluding tert-OH is 4.